The predicted molar refractivity (Wildman–Crippen MR) is 96.1 cm³/mol. The van der Waals surface area contributed by atoms with Crippen LogP contribution in [0.1, 0.15) is 37.0 Å². The number of rotatable bonds is 6. The predicted octanol–water partition coefficient (Wildman–Crippen LogP) is 3.43. The van der Waals surface area contributed by atoms with E-state index in [1.54, 1.807) is 13.0 Å². The van der Waals surface area contributed by atoms with E-state index in [-0.39, 0.29) is 5.91 Å². The summed E-state index contributed by atoms with van der Waals surface area (Å²) in [5.41, 5.74) is 1.41. The van der Waals surface area contributed by atoms with Crippen molar-refractivity contribution in [1.82, 2.24) is 15.2 Å². The molecule has 2 aromatic rings. The minimum absolute atomic E-state index is 0.184. The molecule has 2 heterocycles. The second-order valence-electron chi connectivity index (χ2n) is 5.74. The van der Waals surface area contributed by atoms with Crippen LogP contribution in [-0.4, -0.2) is 26.3 Å². The van der Waals surface area contributed by atoms with E-state index < -0.39 is 5.25 Å². The first kappa shape index (κ1) is 18.4. The molecule has 1 atom stereocenters. The van der Waals surface area contributed by atoms with E-state index in [1.165, 1.54) is 23.1 Å². The summed E-state index contributed by atoms with van der Waals surface area (Å²) < 4.78 is 0. The Kier molecular flexibility index (Phi) is 6.29. The summed E-state index contributed by atoms with van der Waals surface area (Å²) in [5.74, 6) is 0.292. The summed E-state index contributed by atoms with van der Waals surface area (Å²) in [7, 11) is 0. The number of nitrogens with zero attached hydrogens (tertiary/aromatic N) is 4. The Bertz CT molecular complexity index is 766. The van der Waals surface area contributed by atoms with Crippen LogP contribution in [-0.2, 0) is 11.2 Å². The molecule has 0 aromatic carbocycles. The van der Waals surface area contributed by atoms with Gasteiger partial charge in [-0.1, -0.05) is 36.9 Å². The summed E-state index contributed by atoms with van der Waals surface area (Å²) in [6, 6.07) is 5.78. The van der Waals surface area contributed by atoms with Crippen molar-refractivity contribution >= 4 is 34.1 Å². The molecule has 2 aromatic heterocycles. The lowest BCUT2D eigenvalue weighted by molar-refractivity contribution is -0.115. The normalized spacial score (nSPS) is 12.0. The molecule has 126 valence electrons. The second-order valence-corrected chi connectivity index (χ2v) is 8.25. The van der Waals surface area contributed by atoms with Crippen molar-refractivity contribution in [3.05, 3.63) is 28.4 Å². The first-order valence-corrected chi connectivity index (χ1v) is 9.26. The highest BCUT2D eigenvalue weighted by atomic mass is 32.2. The molecule has 0 aliphatic rings. The molecular weight excluding hydrogens is 342 g/mol. The number of aromatic nitrogens is 3. The Balaban J connectivity index is 2.10. The fraction of sp³-hybridized carbons (Fsp3) is 0.438. The monoisotopic (exact) mass is 361 g/mol. The van der Waals surface area contributed by atoms with Crippen LogP contribution in [0.25, 0.3) is 0 Å². The number of anilines is 1. The van der Waals surface area contributed by atoms with Crippen molar-refractivity contribution in [2.75, 3.05) is 5.32 Å². The van der Waals surface area contributed by atoms with Crippen molar-refractivity contribution in [2.45, 2.75) is 44.4 Å². The SMILES string of the molecule is Cc1nnc(NC(=O)C(C)Sc2nc(CC(C)C)ccc2C#N)s1. The van der Waals surface area contributed by atoms with E-state index in [9.17, 15) is 10.1 Å². The molecule has 0 aliphatic heterocycles. The van der Waals surface area contributed by atoms with Crippen LogP contribution in [0.15, 0.2) is 17.2 Å². The molecule has 1 N–H and O–H groups in total. The quantitative estimate of drug-likeness (QED) is 0.793. The number of carbonyl (C=O) groups is 1. The summed E-state index contributed by atoms with van der Waals surface area (Å²) in [5, 5.41) is 21.2. The van der Waals surface area contributed by atoms with Crippen LogP contribution < -0.4 is 5.32 Å². The molecule has 0 fully saturated rings. The molecule has 1 unspecified atom stereocenters. The zero-order chi connectivity index (χ0) is 17.7. The van der Waals surface area contributed by atoms with Gasteiger partial charge in [0.05, 0.1) is 10.8 Å². The Morgan fingerprint density at radius 3 is 2.71 bits per heavy atom. The molecule has 6 nitrogen and oxygen atoms in total. The van der Waals surface area contributed by atoms with Crippen LogP contribution in [0, 0.1) is 24.2 Å². The van der Waals surface area contributed by atoms with Crippen LogP contribution in [0.5, 0.6) is 0 Å². The van der Waals surface area contributed by atoms with Gasteiger partial charge in [0, 0.05) is 5.69 Å². The average Bonchev–Trinajstić information content (AvgIpc) is 2.92. The van der Waals surface area contributed by atoms with Crippen molar-refractivity contribution < 1.29 is 4.79 Å². The van der Waals surface area contributed by atoms with Gasteiger partial charge in [0.15, 0.2) is 0 Å². The van der Waals surface area contributed by atoms with Crippen LogP contribution in [0.4, 0.5) is 5.13 Å². The van der Waals surface area contributed by atoms with Crippen LogP contribution in [0.2, 0.25) is 0 Å². The summed E-state index contributed by atoms with van der Waals surface area (Å²) in [4.78, 5) is 16.8. The van der Waals surface area contributed by atoms with Crippen molar-refractivity contribution in [3.63, 3.8) is 0 Å². The van der Waals surface area contributed by atoms with Crippen molar-refractivity contribution in [2.24, 2.45) is 5.92 Å². The lowest BCUT2D eigenvalue weighted by Crippen LogP contribution is -2.22. The van der Waals surface area contributed by atoms with Gasteiger partial charge in [-0.3, -0.25) is 10.1 Å². The maximum absolute atomic E-state index is 12.3. The van der Waals surface area contributed by atoms with Gasteiger partial charge < -0.3 is 0 Å². The minimum atomic E-state index is -0.400. The number of aryl methyl sites for hydroxylation is 1. The number of amides is 1. The van der Waals surface area contributed by atoms with Gasteiger partial charge in [-0.25, -0.2) is 4.98 Å². The first-order valence-electron chi connectivity index (χ1n) is 7.56. The van der Waals surface area contributed by atoms with Gasteiger partial charge >= 0.3 is 0 Å². The smallest absolute Gasteiger partial charge is 0.239 e. The Hall–Kier alpha value is -1.98. The van der Waals surface area contributed by atoms with Gasteiger partial charge in [-0.2, -0.15) is 5.26 Å². The zero-order valence-electron chi connectivity index (χ0n) is 14.0. The number of carbonyl (C=O) groups excluding carboxylic acids is 1. The lowest BCUT2D eigenvalue weighted by atomic mass is 10.1. The molecule has 1 amide bonds. The van der Waals surface area contributed by atoms with Crippen molar-refractivity contribution in [3.8, 4) is 6.07 Å². The number of hydrogen-bond acceptors (Lipinski definition) is 7. The number of thioether (sulfide) groups is 1. The van der Waals surface area contributed by atoms with E-state index >= 15 is 0 Å². The van der Waals surface area contributed by atoms with Gasteiger partial charge in [-0.15, -0.1) is 10.2 Å². The summed E-state index contributed by atoms with van der Waals surface area (Å²) in [6.45, 7) is 7.85. The van der Waals surface area contributed by atoms with Crippen LogP contribution in [0.3, 0.4) is 0 Å². The molecule has 0 radical (unpaired) electrons. The summed E-state index contributed by atoms with van der Waals surface area (Å²) in [6.07, 6.45) is 0.837. The molecule has 0 saturated carbocycles. The topological polar surface area (TPSA) is 91.6 Å². The van der Waals surface area contributed by atoms with Gasteiger partial charge in [-0.05, 0) is 38.3 Å². The van der Waals surface area contributed by atoms with Gasteiger partial charge in [0.25, 0.3) is 0 Å². The maximum atomic E-state index is 12.3. The third kappa shape index (κ3) is 5.01. The number of nitrogens with one attached hydrogen (secondary N) is 1. The molecule has 8 heteroatoms. The zero-order valence-corrected chi connectivity index (χ0v) is 15.7. The number of pyridine rings is 1. The average molecular weight is 361 g/mol. The molecule has 24 heavy (non-hydrogen) atoms. The van der Waals surface area contributed by atoms with Gasteiger partial charge in [0.1, 0.15) is 16.1 Å². The number of hydrogen-bond donors (Lipinski definition) is 1. The van der Waals surface area contributed by atoms with E-state index in [4.69, 9.17) is 0 Å². The Labute approximate surface area is 149 Å². The molecule has 2 rings (SSSR count). The van der Waals surface area contributed by atoms with E-state index in [0.717, 1.165) is 17.1 Å². The molecule has 0 bridgehead atoms. The maximum Gasteiger partial charge on any atom is 0.239 e. The van der Waals surface area contributed by atoms with E-state index in [1.807, 2.05) is 13.0 Å². The highest BCUT2D eigenvalue weighted by Crippen LogP contribution is 2.27. The Morgan fingerprint density at radius 2 is 2.12 bits per heavy atom. The third-order valence-corrected chi connectivity index (χ3v) is 4.93. The Morgan fingerprint density at radius 1 is 1.38 bits per heavy atom. The highest BCUT2D eigenvalue weighted by Gasteiger charge is 2.19. The minimum Gasteiger partial charge on any atom is -0.300 e. The fourth-order valence-corrected chi connectivity index (χ4v) is 3.47. The van der Waals surface area contributed by atoms with E-state index in [0.29, 0.717) is 21.6 Å². The van der Waals surface area contributed by atoms with Crippen molar-refractivity contribution in [1.29, 1.82) is 5.26 Å². The molecule has 0 aliphatic carbocycles. The highest BCUT2D eigenvalue weighted by molar-refractivity contribution is 8.00. The largest absolute Gasteiger partial charge is 0.300 e. The lowest BCUT2D eigenvalue weighted by Gasteiger charge is -2.12. The molecular formula is C16H19N5OS2. The molecule has 0 spiro atoms. The molecule has 0 saturated heterocycles. The van der Waals surface area contributed by atoms with Gasteiger partial charge in [0.2, 0.25) is 11.0 Å². The first-order chi connectivity index (χ1) is 11.4. The van der Waals surface area contributed by atoms with Crippen LogP contribution >= 0.6 is 23.1 Å². The third-order valence-electron chi connectivity index (χ3n) is 3.07. The van der Waals surface area contributed by atoms with E-state index in [2.05, 4.69) is 40.4 Å². The number of nitriles is 1. The fourth-order valence-electron chi connectivity index (χ4n) is 1.96. The summed E-state index contributed by atoms with van der Waals surface area (Å²) >= 11 is 2.61. The standard InChI is InChI=1S/C16H19N5OS2/c1-9(2)7-13-6-5-12(8-17)15(18-13)23-10(3)14(22)19-16-21-20-11(4)24-16/h5-6,9-10H,7H2,1-4H3,(H,19,21,22). The second kappa shape index (κ2) is 8.22.